The lowest BCUT2D eigenvalue weighted by Gasteiger charge is -2.21. The number of anilines is 2. The summed E-state index contributed by atoms with van der Waals surface area (Å²) < 4.78 is 0. The van der Waals surface area contributed by atoms with E-state index in [4.69, 9.17) is 9.97 Å². The van der Waals surface area contributed by atoms with Crippen molar-refractivity contribution in [3.8, 4) is 11.4 Å². The number of hydrogen-bond donors (Lipinski definition) is 1. The van der Waals surface area contributed by atoms with Crippen molar-refractivity contribution in [3.05, 3.63) is 66.5 Å². The standard InChI is InChI=1S/C20H23N5/c1-3-25(4-2)19-14-18(22-15-16-10-12-21-13-11-16)23-20(24-19)17-8-6-5-7-9-17/h5-14H,3-4,15H2,1-2H3,(H,22,23,24). The molecule has 1 N–H and O–H groups in total. The third-order valence-electron chi connectivity index (χ3n) is 4.06. The predicted molar refractivity (Wildman–Crippen MR) is 103 cm³/mol. The first-order valence-electron chi connectivity index (χ1n) is 8.62. The Bertz CT molecular complexity index is 786. The van der Waals surface area contributed by atoms with Crippen molar-refractivity contribution in [2.45, 2.75) is 20.4 Å². The Labute approximate surface area is 148 Å². The monoisotopic (exact) mass is 333 g/mol. The van der Waals surface area contributed by atoms with Crippen molar-refractivity contribution in [2.75, 3.05) is 23.3 Å². The highest BCUT2D eigenvalue weighted by Crippen LogP contribution is 2.22. The molecule has 0 atom stereocenters. The fourth-order valence-electron chi connectivity index (χ4n) is 2.64. The minimum absolute atomic E-state index is 0.700. The Balaban J connectivity index is 1.92. The van der Waals surface area contributed by atoms with Crippen LogP contribution in [-0.2, 0) is 6.54 Å². The second-order valence-electron chi connectivity index (χ2n) is 5.68. The van der Waals surface area contributed by atoms with E-state index >= 15 is 0 Å². The highest BCUT2D eigenvalue weighted by molar-refractivity contribution is 5.61. The molecule has 3 aromatic rings. The molecule has 2 heterocycles. The van der Waals surface area contributed by atoms with Crippen LogP contribution in [0.4, 0.5) is 11.6 Å². The zero-order valence-electron chi connectivity index (χ0n) is 14.7. The molecule has 0 aliphatic heterocycles. The zero-order valence-corrected chi connectivity index (χ0v) is 14.7. The van der Waals surface area contributed by atoms with Crippen molar-refractivity contribution in [1.29, 1.82) is 0 Å². The average molecular weight is 333 g/mol. The summed E-state index contributed by atoms with van der Waals surface area (Å²) in [4.78, 5) is 15.8. The smallest absolute Gasteiger partial charge is 0.163 e. The Morgan fingerprint density at radius 1 is 0.920 bits per heavy atom. The molecule has 1 aromatic carbocycles. The van der Waals surface area contributed by atoms with Crippen molar-refractivity contribution < 1.29 is 0 Å². The summed E-state index contributed by atoms with van der Waals surface area (Å²) in [5.74, 6) is 2.51. The molecule has 0 aliphatic rings. The quantitative estimate of drug-likeness (QED) is 0.708. The van der Waals surface area contributed by atoms with Gasteiger partial charge in [-0.3, -0.25) is 4.98 Å². The molecule has 0 fully saturated rings. The van der Waals surface area contributed by atoms with Gasteiger partial charge in [-0.1, -0.05) is 30.3 Å². The van der Waals surface area contributed by atoms with Crippen LogP contribution in [0.5, 0.6) is 0 Å². The van der Waals surface area contributed by atoms with Gasteiger partial charge in [0.15, 0.2) is 5.82 Å². The Morgan fingerprint density at radius 3 is 2.32 bits per heavy atom. The molecule has 0 unspecified atom stereocenters. The van der Waals surface area contributed by atoms with E-state index < -0.39 is 0 Å². The van der Waals surface area contributed by atoms with Crippen molar-refractivity contribution in [1.82, 2.24) is 15.0 Å². The second-order valence-corrected chi connectivity index (χ2v) is 5.68. The molecule has 0 saturated heterocycles. The van der Waals surface area contributed by atoms with Gasteiger partial charge in [-0.2, -0.15) is 0 Å². The van der Waals surface area contributed by atoms with Crippen LogP contribution in [0.25, 0.3) is 11.4 Å². The van der Waals surface area contributed by atoms with Gasteiger partial charge in [-0.25, -0.2) is 9.97 Å². The van der Waals surface area contributed by atoms with Gasteiger partial charge in [-0.05, 0) is 31.5 Å². The highest BCUT2D eigenvalue weighted by Gasteiger charge is 2.10. The van der Waals surface area contributed by atoms with Crippen LogP contribution >= 0.6 is 0 Å². The zero-order chi connectivity index (χ0) is 17.5. The van der Waals surface area contributed by atoms with Crippen LogP contribution in [0.15, 0.2) is 60.9 Å². The first kappa shape index (κ1) is 16.9. The van der Waals surface area contributed by atoms with Crippen molar-refractivity contribution in [3.63, 3.8) is 0 Å². The largest absolute Gasteiger partial charge is 0.366 e. The lowest BCUT2D eigenvalue weighted by Crippen LogP contribution is -2.23. The van der Waals surface area contributed by atoms with Gasteiger partial charge in [0, 0.05) is 43.7 Å². The molecule has 0 amide bonds. The first-order chi connectivity index (χ1) is 12.3. The van der Waals surface area contributed by atoms with Crippen LogP contribution in [0, 0.1) is 0 Å². The third-order valence-corrected chi connectivity index (χ3v) is 4.06. The Hall–Kier alpha value is -2.95. The predicted octanol–water partition coefficient (Wildman–Crippen LogP) is 4.00. The summed E-state index contributed by atoms with van der Waals surface area (Å²) in [5.41, 5.74) is 2.18. The van der Waals surface area contributed by atoms with Crippen LogP contribution in [0.3, 0.4) is 0 Å². The number of nitrogens with zero attached hydrogens (tertiary/aromatic N) is 4. The molecule has 5 nitrogen and oxygen atoms in total. The molecule has 0 saturated carbocycles. The Morgan fingerprint density at radius 2 is 1.64 bits per heavy atom. The summed E-state index contributed by atoms with van der Waals surface area (Å²) >= 11 is 0. The Kier molecular flexibility index (Phi) is 5.57. The summed E-state index contributed by atoms with van der Waals surface area (Å²) in [6.07, 6.45) is 3.60. The van der Waals surface area contributed by atoms with E-state index in [1.807, 2.05) is 48.5 Å². The lowest BCUT2D eigenvalue weighted by atomic mass is 10.2. The second kappa shape index (κ2) is 8.24. The number of nitrogens with one attached hydrogen (secondary N) is 1. The number of rotatable bonds is 7. The summed E-state index contributed by atoms with van der Waals surface area (Å²) in [5, 5.41) is 3.41. The van der Waals surface area contributed by atoms with Crippen molar-refractivity contribution >= 4 is 11.6 Å². The van der Waals surface area contributed by atoms with Crippen LogP contribution in [0.2, 0.25) is 0 Å². The summed E-state index contributed by atoms with van der Waals surface area (Å²) in [6, 6.07) is 16.1. The molecule has 0 bridgehead atoms. The molecule has 5 heteroatoms. The van der Waals surface area contributed by atoms with E-state index in [0.29, 0.717) is 6.54 Å². The molecular weight excluding hydrogens is 310 g/mol. The third kappa shape index (κ3) is 4.32. The molecule has 128 valence electrons. The van der Waals surface area contributed by atoms with Crippen LogP contribution in [0.1, 0.15) is 19.4 Å². The summed E-state index contributed by atoms with van der Waals surface area (Å²) in [7, 11) is 0. The van der Waals surface area contributed by atoms with Gasteiger partial charge in [0.25, 0.3) is 0 Å². The van der Waals surface area contributed by atoms with E-state index in [0.717, 1.165) is 36.1 Å². The summed E-state index contributed by atoms with van der Waals surface area (Å²) in [6.45, 7) is 6.79. The van der Waals surface area contributed by atoms with Crippen LogP contribution < -0.4 is 10.2 Å². The van der Waals surface area contributed by atoms with E-state index in [2.05, 4.69) is 29.0 Å². The first-order valence-corrected chi connectivity index (χ1v) is 8.62. The minimum Gasteiger partial charge on any atom is -0.366 e. The van der Waals surface area contributed by atoms with E-state index in [1.54, 1.807) is 12.4 Å². The normalized spacial score (nSPS) is 10.5. The fourth-order valence-corrected chi connectivity index (χ4v) is 2.64. The molecule has 0 radical (unpaired) electrons. The topological polar surface area (TPSA) is 53.9 Å². The maximum Gasteiger partial charge on any atom is 0.163 e. The number of pyridine rings is 1. The molecule has 2 aromatic heterocycles. The fraction of sp³-hybridized carbons (Fsp3) is 0.250. The van der Waals surface area contributed by atoms with Gasteiger partial charge >= 0.3 is 0 Å². The number of hydrogen-bond acceptors (Lipinski definition) is 5. The van der Waals surface area contributed by atoms with E-state index in [9.17, 15) is 0 Å². The highest BCUT2D eigenvalue weighted by atomic mass is 15.2. The molecular formula is C20H23N5. The average Bonchev–Trinajstić information content (AvgIpc) is 2.69. The number of benzene rings is 1. The molecule has 0 spiro atoms. The van der Waals surface area contributed by atoms with Gasteiger partial charge in [-0.15, -0.1) is 0 Å². The maximum atomic E-state index is 4.77. The maximum absolute atomic E-state index is 4.77. The van der Waals surface area contributed by atoms with Crippen molar-refractivity contribution in [2.24, 2.45) is 0 Å². The van der Waals surface area contributed by atoms with E-state index in [-0.39, 0.29) is 0 Å². The lowest BCUT2D eigenvalue weighted by molar-refractivity contribution is 0.842. The van der Waals surface area contributed by atoms with Gasteiger partial charge < -0.3 is 10.2 Å². The van der Waals surface area contributed by atoms with E-state index in [1.165, 1.54) is 5.56 Å². The van der Waals surface area contributed by atoms with Gasteiger partial charge in [0.2, 0.25) is 0 Å². The molecule has 3 rings (SSSR count). The number of aromatic nitrogens is 3. The molecule has 0 aliphatic carbocycles. The van der Waals surface area contributed by atoms with Gasteiger partial charge in [0.05, 0.1) is 0 Å². The minimum atomic E-state index is 0.700. The molecule has 25 heavy (non-hydrogen) atoms. The SMILES string of the molecule is CCN(CC)c1cc(NCc2ccncc2)nc(-c2ccccc2)n1. The van der Waals surface area contributed by atoms with Crippen LogP contribution in [-0.4, -0.2) is 28.0 Å². The van der Waals surface area contributed by atoms with Gasteiger partial charge in [0.1, 0.15) is 11.6 Å².